The molecule has 3 aromatic rings. The molecule has 2 aromatic heterocycles. The molecule has 2 unspecified atom stereocenters. The molecule has 2 aliphatic heterocycles. The molecule has 11 nitrogen and oxygen atoms in total. The van der Waals surface area contributed by atoms with Crippen LogP contribution in [0.4, 0.5) is 0 Å². The Balaban J connectivity index is 1.07. The second-order valence-corrected chi connectivity index (χ2v) is 12.6. The molecule has 43 heavy (non-hydrogen) atoms. The van der Waals surface area contributed by atoms with Crippen LogP contribution in [-0.4, -0.2) is 68.2 Å². The first kappa shape index (κ1) is 29.1. The van der Waals surface area contributed by atoms with Crippen molar-refractivity contribution in [2.75, 3.05) is 32.9 Å². The first-order valence-electron chi connectivity index (χ1n) is 14.4. The lowest BCUT2D eigenvalue weighted by molar-refractivity contribution is -0.153. The summed E-state index contributed by atoms with van der Waals surface area (Å²) in [6, 6.07) is 13.4. The largest absolute Gasteiger partial charge is 0.467 e. The van der Waals surface area contributed by atoms with Crippen molar-refractivity contribution in [3.8, 4) is 0 Å². The van der Waals surface area contributed by atoms with Gasteiger partial charge in [-0.05, 0) is 79.3 Å². The van der Waals surface area contributed by atoms with E-state index in [4.69, 9.17) is 23.4 Å². The van der Waals surface area contributed by atoms with Gasteiger partial charge in [0.15, 0.2) is 6.61 Å². The van der Waals surface area contributed by atoms with Crippen LogP contribution in [0.5, 0.6) is 0 Å². The first-order chi connectivity index (χ1) is 20.9. The average molecular weight is 608 g/mol. The maximum atomic E-state index is 13.4. The fourth-order valence-electron chi connectivity index (χ4n) is 5.78. The van der Waals surface area contributed by atoms with E-state index < -0.39 is 34.5 Å². The third-order valence-corrected chi connectivity index (χ3v) is 9.87. The van der Waals surface area contributed by atoms with Crippen LogP contribution in [0.1, 0.15) is 48.8 Å². The zero-order valence-electron chi connectivity index (χ0n) is 23.6. The molecule has 3 aliphatic rings. The predicted molar refractivity (Wildman–Crippen MR) is 155 cm³/mol. The van der Waals surface area contributed by atoms with Crippen LogP contribution in [0.2, 0.25) is 0 Å². The Hall–Kier alpha value is -4.00. The van der Waals surface area contributed by atoms with Gasteiger partial charge in [-0.1, -0.05) is 12.1 Å². The van der Waals surface area contributed by atoms with Crippen molar-refractivity contribution in [1.82, 2.24) is 9.31 Å². The van der Waals surface area contributed by atoms with Crippen LogP contribution >= 0.6 is 0 Å². The van der Waals surface area contributed by atoms with Gasteiger partial charge in [-0.15, -0.1) is 0 Å². The number of sulfonamides is 1. The van der Waals surface area contributed by atoms with Gasteiger partial charge in [-0.25, -0.2) is 13.4 Å². The minimum atomic E-state index is -3.59. The molecular formula is C31H33N3O8S. The average Bonchev–Trinajstić information content (AvgIpc) is 3.81. The molecular weight excluding hydrogens is 574 g/mol. The minimum Gasteiger partial charge on any atom is -0.467 e. The molecule has 226 valence electrons. The van der Waals surface area contributed by atoms with E-state index in [9.17, 15) is 18.0 Å². The molecule has 0 bridgehead atoms. The van der Waals surface area contributed by atoms with E-state index in [0.717, 1.165) is 41.9 Å². The second kappa shape index (κ2) is 12.7. The maximum Gasteiger partial charge on any atom is 0.306 e. The lowest BCUT2D eigenvalue weighted by atomic mass is 9.79. The maximum absolute atomic E-state index is 13.4. The van der Waals surface area contributed by atoms with Gasteiger partial charge >= 0.3 is 5.97 Å². The van der Waals surface area contributed by atoms with E-state index in [-0.39, 0.29) is 17.2 Å². The summed E-state index contributed by atoms with van der Waals surface area (Å²) >= 11 is 0. The van der Waals surface area contributed by atoms with Gasteiger partial charge in [0, 0.05) is 25.4 Å². The summed E-state index contributed by atoms with van der Waals surface area (Å²) in [6.45, 7) is 0.949. The van der Waals surface area contributed by atoms with Gasteiger partial charge in [-0.2, -0.15) is 9.41 Å². The normalized spacial score (nSPS) is 21.9. The van der Waals surface area contributed by atoms with Crippen LogP contribution in [0.3, 0.4) is 0 Å². The lowest BCUT2D eigenvalue weighted by Gasteiger charge is -2.27. The van der Waals surface area contributed by atoms with Crippen molar-refractivity contribution in [2.45, 2.75) is 43.0 Å². The summed E-state index contributed by atoms with van der Waals surface area (Å²) in [7, 11) is -3.59. The molecule has 1 saturated carbocycles. The summed E-state index contributed by atoms with van der Waals surface area (Å²) in [6.07, 6.45) is 8.13. The van der Waals surface area contributed by atoms with Crippen LogP contribution < -0.4 is 0 Å². The number of rotatable bonds is 9. The standard InChI is InChI=1S/C31H33N3O8S/c35-28(21-42-29(36)13-10-22-8-11-25(12-9-22)43(37,38)33-14-18-39-19-15-33)34-31(27-7-3-17-41-27)26-6-1-4-23(30(26)32-34)20-24-5-2-16-40-24/h2-3,5,7-9,11-12,16-17,20,26,31H,1,4,6,10,13-15,18-19,21H2. The molecule has 1 aliphatic carbocycles. The number of fused-ring (bicyclic) bond motifs is 1. The Kier molecular flexibility index (Phi) is 8.59. The third-order valence-electron chi connectivity index (χ3n) is 7.96. The topological polar surface area (TPSA) is 132 Å². The predicted octanol–water partition coefficient (Wildman–Crippen LogP) is 4.19. The number of amides is 1. The molecule has 1 amide bonds. The monoisotopic (exact) mass is 607 g/mol. The van der Waals surface area contributed by atoms with Crippen molar-refractivity contribution in [3.05, 3.63) is 83.7 Å². The van der Waals surface area contributed by atoms with Crippen LogP contribution in [0.15, 0.2) is 85.5 Å². The smallest absolute Gasteiger partial charge is 0.306 e. The van der Waals surface area contributed by atoms with E-state index in [1.54, 1.807) is 42.9 Å². The number of furan rings is 2. The number of allylic oxidation sites excluding steroid dienone is 1. The SMILES string of the molecule is O=C(CCc1ccc(S(=O)(=O)N2CCOCC2)cc1)OCC(=O)N1N=C2C(=Cc3ccco3)CCCC2C1c1ccco1. The minimum absolute atomic E-state index is 0.0393. The van der Waals surface area contributed by atoms with E-state index in [0.29, 0.717) is 38.5 Å². The number of morpholine rings is 1. The van der Waals surface area contributed by atoms with Crippen molar-refractivity contribution >= 4 is 33.7 Å². The number of hydrazone groups is 1. The first-order valence-corrected chi connectivity index (χ1v) is 15.8. The molecule has 1 saturated heterocycles. The molecule has 0 N–H and O–H groups in total. The molecule has 6 rings (SSSR count). The summed E-state index contributed by atoms with van der Waals surface area (Å²) in [4.78, 5) is 26.1. The van der Waals surface area contributed by atoms with Crippen molar-refractivity contribution in [2.24, 2.45) is 11.0 Å². The summed E-state index contributed by atoms with van der Waals surface area (Å²) < 4.78 is 48.9. The number of carbonyl (C=O) groups is 2. The van der Waals surface area contributed by atoms with Gasteiger partial charge in [0.2, 0.25) is 10.0 Å². The van der Waals surface area contributed by atoms with Gasteiger partial charge in [-0.3, -0.25) is 9.59 Å². The summed E-state index contributed by atoms with van der Waals surface area (Å²) in [5.74, 6) is 0.333. The number of ether oxygens (including phenoxy) is 2. The highest BCUT2D eigenvalue weighted by atomic mass is 32.2. The zero-order chi connectivity index (χ0) is 29.8. The van der Waals surface area contributed by atoms with Crippen molar-refractivity contribution < 1.29 is 36.3 Å². The van der Waals surface area contributed by atoms with Crippen LogP contribution in [0.25, 0.3) is 6.08 Å². The quantitative estimate of drug-likeness (QED) is 0.331. The molecule has 1 aromatic carbocycles. The Morgan fingerprint density at radius 1 is 1.02 bits per heavy atom. The Morgan fingerprint density at radius 2 is 1.79 bits per heavy atom. The second-order valence-electron chi connectivity index (χ2n) is 10.7. The highest BCUT2D eigenvalue weighted by Crippen LogP contribution is 2.44. The van der Waals surface area contributed by atoms with E-state index in [1.165, 1.54) is 9.31 Å². The van der Waals surface area contributed by atoms with E-state index in [1.807, 2.05) is 24.3 Å². The molecule has 2 atom stereocenters. The Bertz CT molecular complexity index is 1590. The number of benzene rings is 1. The van der Waals surface area contributed by atoms with Gasteiger partial charge in [0.25, 0.3) is 5.91 Å². The number of hydrogen-bond donors (Lipinski definition) is 0. The fraction of sp³-hybridized carbons (Fsp3) is 0.387. The zero-order valence-corrected chi connectivity index (χ0v) is 24.4. The molecule has 4 heterocycles. The van der Waals surface area contributed by atoms with Crippen molar-refractivity contribution in [1.29, 1.82) is 0 Å². The van der Waals surface area contributed by atoms with Crippen molar-refractivity contribution in [3.63, 3.8) is 0 Å². The summed E-state index contributed by atoms with van der Waals surface area (Å²) in [5.41, 5.74) is 2.62. The highest BCUT2D eigenvalue weighted by Gasteiger charge is 2.45. The van der Waals surface area contributed by atoms with Crippen LogP contribution in [-0.2, 0) is 35.5 Å². The van der Waals surface area contributed by atoms with Gasteiger partial charge in [0.05, 0.1) is 36.3 Å². The number of hydrogen-bond acceptors (Lipinski definition) is 9. The summed E-state index contributed by atoms with van der Waals surface area (Å²) in [5, 5.41) is 6.11. The van der Waals surface area contributed by atoms with Gasteiger partial charge < -0.3 is 18.3 Å². The Labute approximate surface area is 249 Å². The fourth-order valence-corrected chi connectivity index (χ4v) is 7.19. The number of esters is 1. The van der Waals surface area contributed by atoms with Gasteiger partial charge in [0.1, 0.15) is 17.6 Å². The van der Waals surface area contributed by atoms with E-state index in [2.05, 4.69) is 0 Å². The molecule has 0 radical (unpaired) electrons. The Morgan fingerprint density at radius 3 is 2.51 bits per heavy atom. The van der Waals surface area contributed by atoms with E-state index >= 15 is 0 Å². The molecule has 2 fully saturated rings. The molecule has 12 heteroatoms. The number of nitrogens with zero attached hydrogens (tertiary/aromatic N) is 3. The number of carbonyl (C=O) groups excluding carboxylic acids is 2. The lowest BCUT2D eigenvalue weighted by Crippen LogP contribution is -2.40. The highest BCUT2D eigenvalue weighted by molar-refractivity contribution is 7.89. The van der Waals surface area contributed by atoms with Crippen LogP contribution in [0, 0.1) is 5.92 Å². The molecule has 0 spiro atoms. The third kappa shape index (κ3) is 6.36. The number of aryl methyl sites for hydroxylation is 1.